The van der Waals surface area contributed by atoms with Gasteiger partial charge < -0.3 is 5.11 Å². The van der Waals surface area contributed by atoms with E-state index in [0.29, 0.717) is 13.0 Å². The molecule has 1 atom stereocenters. The van der Waals surface area contributed by atoms with Crippen molar-refractivity contribution in [1.82, 2.24) is 14.8 Å². The van der Waals surface area contributed by atoms with Crippen molar-refractivity contribution in [3.05, 3.63) is 65.5 Å². The standard InChI is InChI=1S/C19H23F2N3O/c20-18-5-4-15(11-19(18)21)12-24-9-8-23(14-17(24)6-10-25)13-16-3-1-2-7-22-16/h1-5,7,11,17,25H,6,8-10,12-14H2. The predicted molar refractivity (Wildman–Crippen MR) is 91.8 cm³/mol. The van der Waals surface area contributed by atoms with Gasteiger partial charge in [-0.15, -0.1) is 0 Å². The molecule has 1 saturated heterocycles. The van der Waals surface area contributed by atoms with Crippen LogP contribution in [-0.4, -0.2) is 52.2 Å². The van der Waals surface area contributed by atoms with Crippen molar-refractivity contribution in [2.75, 3.05) is 26.2 Å². The van der Waals surface area contributed by atoms with Crippen LogP contribution in [0.3, 0.4) is 0 Å². The van der Waals surface area contributed by atoms with Gasteiger partial charge in [-0.3, -0.25) is 14.8 Å². The molecule has 0 radical (unpaired) electrons. The molecule has 0 amide bonds. The minimum absolute atomic E-state index is 0.108. The number of nitrogens with zero attached hydrogens (tertiary/aromatic N) is 3. The van der Waals surface area contributed by atoms with E-state index in [1.165, 1.54) is 12.1 Å². The molecule has 0 saturated carbocycles. The highest BCUT2D eigenvalue weighted by Gasteiger charge is 2.27. The third kappa shape index (κ3) is 4.81. The lowest BCUT2D eigenvalue weighted by Gasteiger charge is -2.41. The number of piperazine rings is 1. The van der Waals surface area contributed by atoms with Gasteiger partial charge in [0.2, 0.25) is 0 Å². The summed E-state index contributed by atoms with van der Waals surface area (Å²) in [5, 5.41) is 9.39. The van der Waals surface area contributed by atoms with Crippen LogP contribution in [0.25, 0.3) is 0 Å². The highest BCUT2D eigenvalue weighted by molar-refractivity contribution is 5.18. The quantitative estimate of drug-likeness (QED) is 0.871. The lowest BCUT2D eigenvalue weighted by atomic mass is 10.1. The second-order valence-electron chi connectivity index (χ2n) is 6.44. The molecule has 2 heterocycles. The van der Waals surface area contributed by atoms with Gasteiger partial charge in [-0.05, 0) is 36.2 Å². The molecule has 0 bridgehead atoms. The zero-order chi connectivity index (χ0) is 17.6. The van der Waals surface area contributed by atoms with E-state index in [1.807, 2.05) is 18.2 Å². The summed E-state index contributed by atoms with van der Waals surface area (Å²) in [5.74, 6) is -1.64. The van der Waals surface area contributed by atoms with Crippen molar-refractivity contribution in [2.24, 2.45) is 0 Å². The normalized spacial score (nSPS) is 19.2. The van der Waals surface area contributed by atoms with Crippen LogP contribution in [0.1, 0.15) is 17.7 Å². The summed E-state index contributed by atoms with van der Waals surface area (Å²) in [6, 6.07) is 10.1. The van der Waals surface area contributed by atoms with Crippen molar-refractivity contribution in [3.63, 3.8) is 0 Å². The molecule has 1 aliphatic heterocycles. The number of aliphatic hydroxyl groups is 1. The van der Waals surface area contributed by atoms with E-state index in [1.54, 1.807) is 12.3 Å². The van der Waals surface area contributed by atoms with Gasteiger partial charge >= 0.3 is 0 Å². The van der Waals surface area contributed by atoms with Crippen LogP contribution in [0.5, 0.6) is 0 Å². The maximum absolute atomic E-state index is 13.4. The van der Waals surface area contributed by atoms with E-state index in [-0.39, 0.29) is 12.6 Å². The van der Waals surface area contributed by atoms with E-state index >= 15 is 0 Å². The predicted octanol–water partition coefficient (Wildman–Crippen LogP) is 2.43. The van der Waals surface area contributed by atoms with Gasteiger partial charge in [0.1, 0.15) is 0 Å². The largest absolute Gasteiger partial charge is 0.396 e. The van der Waals surface area contributed by atoms with Gasteiger partial charge in [0.05, 0.1) is 5.69 Å². The molecule has 1 aromatic carbocycles. The van der Waals surface area contributed by atoms with Crippen LogP contribution in [0.4, 0.5) is 8.78 Å². The van der Waals surface area contributed by atoms with Crippen molar-refractivity contribution in [3.8, 4) is 0 Å². The molecular formula is C19H23F2N3O. The Labute approximate surface area is 146 Å². The number of halogens is 2. The van der Waals surface area contributed by atoms with Gasteiger partial charge in [0, 0.05) is 51.6 Å². The Morgan fingerprint density at radius 3 is 2.68 bits per heavy atom. The molecule has 0 spiro atoms. The van der Waals surface area contributed by atoms with Crippen LogP contribution in [-0.2, 0) is 13.1 Å². The summed E-state index contributed by atoms with van der Waals surface area (Å²) >= 11 is 0. The summed E-state index contributed by atoms with van der Waals surface area (Å²) < 4.78 is 26.5. The van der Waals surface area contributed by atoms with Crippen LogP contribution in [0.15, 0.2) is 42.6 Å². The van der Waals surface area contributed by atoms with E-state index < -0.39 is 11.6 Å². The third-order valence-electron chi connectivity index (χ3n) is 4.63. The zero-order valence-corrected chi connectivity index (χ0v) is 14.1. The maximum Gasteiger partial charge on any atom is 0.159 e. The number of pyridine rings is 1. The average Bonchev–Trinajstić information content (AvgIpc) is 2.61. The Kier molecular flexibility index (Phi) is 6.07. The Bertz CT molecular complexity index is 684. The van der Waals surface area contributed by atoms with Crippen molar-refractivity contribution < 1.29 is 13.9 Å². The number of hydrogen-bond donors (Lipinski definition) is 1. The molecule has 1 aliphatic rings. The average molecular weight is 347 g/mol. The van der Waals surface area contributed by atoms with Crippen LogP contribution >= 0.6 is 0 Å². The van der Waals surface area contributed by atoms with Crippen molar-refractivity contribution in [1.29, 1.82) is 0 Å². The zero-order valence-electron chi connectivity index (χ0n) is 14.1. The summed E-state index contributed by atoms with van der Waals surface area (Å²) in [4.78, 5) is 8.92. The molecule has 1 unspecified atom stereocenters. The van der Waals surface area contributed by atoms with E-state index in [0.717, 1.165) is 37.4 Å². The Morgan fingerprint density at radius 1 is 1.08 bits per heavy atom. The van der Waals surface area contributed by atoms with Crippen molar-refractivity contribution >= 4 is 0 Å². The molecule has 1 aromatic heterocycles. The number of aromatic nitrogens is 1. The fourth-order valence-electron chi connectivity index (χ4n) is 3.33. The van der Waals surface area contributed by atoms with Gasteiger partial charge in [0.25, 0.3) is 0 Å². The monoisotopic (exact) mass is 347 g/mol. The fraction of sp³-hybridized carbons (Fsp3) is 0.421. The molecule has 25 heavy (non-hydrogen) atoms. The summed E-state index contributed by atoms with van der Waals surface area (Å²) in [6.07, 6.45) is 2.45. The lowest BCUT2D eigenvalue weighted by molar-refractivity contribution is 0.0493. The SMILES string of the molecule is OCCC1CN(Cc2ccccn2)CCN1Cc1ccc(F)c(F)c1. The van der Waals surface area contributed by atoms with Gasteiger partial charge in [-0.25, -0.2) is 8.78 Å². The van der Waals surface area contributed by atoms with Crippen LogP contribution < -0.4 is 0 Å². The van der Waals surface area contributed by atoms with Gasteiger partial charge in [0.15, 0.2) is 11.6 Å². The van der Waals surface area contributed by atoms with E-state index in [4.69, 9.17) is 0 Å². The van der Waals surface area contributed by atoms with E-state index in [2.05, 4.69) is 14.8 Å². The van der Waals surface area contributed by atoms with Gasteiger partial charge in [-0.2, -0.15) is 0 Å². The highest BCUT2D eigenvalue weighted by atomic mass is 19.2. The molecule has 6 heteroatoms. The van der Waals surface area contributed by atoms with E-state index in [9.17, 15) is 13.9 Å². The minimum Gasteiger partial charge on any atom is -0.396 e. The topological polar surface area (TPSA) is 39.6 Å². The minimum atomic E-state index is -0.823. The Morgan fingerprint density at radius 2 is 1.96 bits per heavy atom. The maximum atomic E-state index is 13.4. The number of benzene rings is 1. The first-order valence-electron chi connectivity index (χ1n) is 8.57. The molecule has 1 N–H and O–H groups in total. The number of aliphatic hydroxyl groups excluding tert-OH is 1. The second kappa shape index (κ2) is 8.47. The first-order chi connectivity index (χ1) is 12.2. The molecule has 0 aliphatic carbocycles. The lowest BCUT2D eigenvalue weighted by Crippen LogP contribution is -2.52. The second-order valence-corrected chi connectivity index (χ2v) is 6.44. The number of rotatable bonds is 6. The van der Waals surface area contributed by atoms with Crippen LogP contribution in [0, 0.1) is 11.6 Å². The summed E-state index contributed by atoms with van der Waals surface area (Å²) in [5.41, 5.74) is 1.78. The highest BCUT2D eigenvalue weighted by Crippen LogP contribution is 2.19. The summed E-state index contributed by atoms with van der Waals surface area (Å²) in [7, 11) is 0. The number of hydrogen-bond acceptors (Lipinski definition) is 4. The summed E-state index contributed by atoms with van der Waals surface area (Å²) in [6.45, 7) is 3.96. The van der Waals surface area contributed by atoms with Crippen LogP contribution in [0.2, 0.25) is 0 Å². The smallest absolute Gasteiger partial charge is 0.159 e. The molecule has 4 nitrogen and oxygen atoms in total. The van der Waals surface area contributed by atoms with Gasteiger partial charge in [-0.1, -0.05) is 12.1 Å². The molecule has 2 aromatic rings. The van der Waals surface area contributed by atoms with Crippen molar-refractivity contribution in [2.45, 2.75) is 25.6 Å². The molecule has 134 valence electrons. The Hall–Kier alpha value is -1.89. The first-order valence-corrected chi connectivity index (χ1v) is 8.57. The molecule has 3 rings (SSSR count). The Balaban J connectivity index is 1.64. The third-order valence-corrected chi connectivity index (χ3v) is 4.63. The fourth-order valence-corrected chi connectivity index (χ4v) is 3.33. The molecular weight excluding hydrogens is 324 g/mol. The first kappa shape index (κ1) is 17.9. The molecule has 1 fully saturated rings.